The molecule has 0 bridgehead atoms. The molecule has 1 N–H and O–H groups in total. The Morgan fingerprint density at radius 1 is 1.44 bits per heavy atom. The first kappa shape index (κ1) is 15.9. The summed E-state index contributed by atoms with van der Waals surface area (Å²) in [6, 6.07) is -0.0278. The standard InChI is InChI=1S/C11H14I2N2O3/c1-7(6-18-2)14-10(16)5-15-3-8(12)11(17)9(13)4-15/h3-4,7H,5-6H2,1-2H3,(H,14,16). The quantitative estimate of drug-likeness (QED) is 0.651. The van der Waals surface area contributed by atoms with Gasteiger partial charge in [0.1, 0.15) is 6.54 Å². The lowest BCUT2D eigenvalue weighted by molar-refractivity contribution is -0.122. The van der Waals surface area contributed by atoms with E-state index in [1.807, 2.05) is 52.1 Å². The summed E-state index contributed by atoms with van der Waals surface area (Å²) in [5.41, 5.74) is 0.000564. The molecule has 0 aliphatic heterocycles. The maximum absolute atomic E-state index is 11.7. The molecule has 5 nitrogen and oxygen atoms in total. The molecule has 1 amide bonds. The van der Waals surface area contributed by atoms with Crippen LogP contribution in [-0.2, 0) is 16.1 Å². The van der Waals surface area contributed by atoms with Gasteiger partial charge >= 0.3 is 0 Å². The second-order valence-electron chi connectivity index (χ2n) is 3.88. The highest BCUT2D eigenvalue weighted by atomic mass is 127. The predicted octanol–water partition coefficient (Wildman–Crippen LogP) is 1.21. The Bertz CT molecular complexity index is 461. The van der Waals surface area contributed by atoms with Crippen LogP contribution < -0.4 is 10.7 Å². The number of carbonyl (C=O) groups excluding carboxylic acids is 1. The summed E-state index contributed by atoms with van der Waals surface area (Å²) in [5.74, 6) is -0.102. The summed E-state index contributed by atoms with van der Waals surface area (Å²) in [5, 5.41) is 2.82. The minimum Gasteiger partial charge on any atom is -0.383 e. The van der Waals surface area contributed by atoms with Crippen LogP contribution in [0.4, 0.5) is 0 Å². The van der Waals surface area contributed by atoms with Gasteiger partial charge in [0.15, 0.2) is 0 Å². The van der Waals surface area contributed by atoms with Gasteiger partial charge in [0, 0.05) is 25.5 Å². The van der Waals surface area contributed by atoms with E-state index in [1.54, 1.807) is 24.1 Å². The lowest BCUT2D eigenvalue weighted by atomic mass is 10.3. The molecule has 0 fully saturated rings. The van der Waals surface area contributed by atoms with Crippen LogP contribution in [-0.4, -0.2) is 30.2 Å². The fourth-order valence-corrected chi connectivity index (χ4v) is 3.24. The van der Waals surface area contributed by atoms with Crippen molar-refractivity contribution in [2.24, 2.45) is 0 Å². The molecule has 0 saturated heterocycles. The van der Waals surface area contributed by atoms with Crippen LogP contribution in [0.1, 0.15) is 6.92 Å². The summed E-state index contributed by atoms with van der Waals surface area (Å²) in [6.07, 6.45) is 3.34. The summed E-state index contributed by atoms with van der Waals surface area (Å²) >= 11 is 3.94. The SMILES string of the molecule is COCC(C)NC(=O)Cn1cc(I)c(=O)c(I)c1. The molecule has 1 rings (SSSR count). The Kier molecular flexibility index (Phi) is 6.57. The van der Waals surface area contributed by atoms with Crippen molar-refractivity contribution >= 4 is 51.1 Å². The van der Waals surface area contributed by atoms with Crippen LogP contribution in [0.5, 0.6) is 0 Å². The van der Waals surface area contributed by atoms with Gasteiger partial charge in [-0.25, -0.2) is 0 Å². The first-order valence-electron chi connectivity index (χ1n) is 5.27. The van der Waals surface area contributed by atoms with E-state index >= 15 is 0 Å². The van der Waals surface area contributed by atoms with Crippen molar-refractivity contribution in [3.63, 3.8) is 0 Å². The van der Waals surface area contributed by atoms with E-state index < -0.39 is 0 Å². The molecule has 1 atom stereocenters. The van der Waals surface area contributed by atoms with E-state index in [-0.39, 0.29) is 23.9 Å². The molecule has 1 aromatic heterocycles. The monoisotopic (exact) mass is 476 g/mol. The van der Waals surface area contributed by atoms with Gasteiger partial charge in [-0.1, -0.05) is 0 Å². The van der Waals surface area contributed by atoms with E-state index in [2.05, 4.69) is 5.32 Å². The minimum absolute atomic E-state index is 0.000564. The van der Waals surface area contributed by atoms with Crippen molar-refractivity contribution in [2.75, 3.05) is 13.7 Å². The molecule has 7 heteroatoms. The number of nitrogens with zero attached hydrogens (tertiary/aromatic N) is 1. The molecule has 0 saturated carbocycles. The number of methoxy groups -OCH3 is 1. The van der Waals surface area contributed by atoms with Crippen molar-refractivity contribution < 1.29 is 9.53 Å². The number of halogens is 2. The highest BCUT2D eigenvalue weighted by Gasteiger charge is 2.09. The molecule has 1 unspecified atom stereocenters. The largest absolute Gasteiger partial charge is 0.383 e. The van der Waals surface area contributed by atoms with Crippen LogP contribution >= 0.6 is 45.2 Å². The van der Waals surface area contributed by atoms with Gasteiger partial charge in [-0.3, -0.25) is 9.59 Å². The predicted molar refractivity (Wildman–Crippen MR) is 85.6 cm³/mol. The molecule has 0 radical (unpaired) electrons. The number of pyridine rings is 1. The number of rotatable bonds is 5. The maximum atomic E-state index is 11.7. The van der Waals surface area contributed by atoms with Crippen molar-refractivity contribution in [1.29, 1.82) is 0 Å². The third-order valence-electron chi connectivity index (χ3n) is 2.14. The molecule has 18 heavy (non-hydrogen) atoms. The molecule has 0 aliphatic carbocycles. The van der Waals surface area contributed by atoms with E-state index in [4.69, 9.17) is 4.74 Å². The maximum Gasteiger partial charge on any atom is 0.240 e. The van der Waals surface area contributed by atoms with Gasteiger partial charge in [-0.15, -0.1) is 0 Å². The zero-order valence-electron chi connectivity index (χ0n) is 10.1. The van der Waals surface area contributed by atoms with Crippen molar-refractivity contribution in [3.05, 3.63) is 29.8 Å². The highest BCUT2D eigenvalue weighted by molar-refractivity contribution is 14.1. The molecule has 0 spiro atoms. The second kappa shape index (κ2) is 7.43. The third kappa shape index (κ3) is 4.84. The number of hydrogen-bond donors (Lipinski definition) is 1. The average Bonchev–Trinajstić information content (AvgIpc) is 2.25. The second-order valence-corrected chi connectivity index (χ2v) is 6.20. The Morgan fingerprint density at radius 3 is 2.50 bits per heavy atom. The van der Waals surface area contributed by atoms with Gasteiger partial charge in [0.05, 0.1) is 13.7 Å². The lowest BCUT2D eigenvalue weighted by Gasteiger charge is -2.14. The fourth-order valence-electron chi connectivity index (χ4n) is 1.43. The molecule has 100 valence electrons. The van der Waals surface area contributed by atoms with Crippen LogP contribution in [0, 0.1) is 7.14 Å². The normalized spacial score (nSPS) is 12.2. The molecular formula is C11H14I2N2O3. The van der Waals surface area contributed by atoms with E-state index in [9.17, 15) is 9.59 Å². The van der Waals surface area contributed by atoms with Crippen molar-refractivity contribution in [2.45, 2.75) is 19.5 Å². The van der Waals surface area contributed by atoms with Gasteiger partial charge in [-0.2, -0.15) is 0 Å². The van der Waals surface area contributed by atoms with Gasteiger partial charge in [-0.05, 0) is 52.1 Å². The third-order valence-corrected chi connectivity index (χ3v) is 3.68. The summed E-state index contributed by atoms with van der Waals surface area (Å²) < 4.78 is 7.87. The van der Waals surface area contributed by atoms with Crippen LogP contribution in [0.3, 0.4) is 0 Å². The number of carbonyl (C=O) groups is 1. The molecule has 1 heterocycles. The van der Waals surface area contributed by atoms with E-state index in [0.29, 0.717) is 13.7 Å². The minimum atomic E-state index is -0.102. The molecule has 1 aromatic rings. The topological polar surface area (TPSA) is 60.3 Å². The zero-order chi connectivity index (χ0) is 13.7. The van der Waals surface area contributed by atoms with Gasteiger partial charge < -0.3 is 14.6 Å². The Labute approximate surface area is 133 Å². The van der Waals surface area contributed by atoms with Gasteiger partial charge in [0.25, 0.3) is 0 Å². The van der Waals surface area contributed by atoms with E-state index in [0.717, 1.165) is 0 Å². The summed E-state index contributed by atoms with van der Waals surface area (Å²) in [6.45, 7) is 2.55. The van der Waals surface area contributed by atoms with Crippen molar-refractivity contribution in [3.8, 4) is 0 Å². The smallest absolute Gasteiger partial charge is 0.240 e. The molecule has 0 aromatic carbocycles. The number of nitrogens with one attached hydrogen (secondary N) is 1. The molecular weight excluding hydrogens is 462 g/mol. The Hall–Kier alpha value is -0.160. The Morgan fingerprint density at radius 2 is 2.00 bits per heavy atom. The first-order valence-corrected chi connectivity index (χ1v) is 7.43. The summed E-state index contributed by atoms with van der Waals surface area (Å²) in [7, 11) is 1.59. The first-order chi connectivity index (χ1) is 8.43. The number of amides is 1. The number of ether oxygens (including phenoxy) is 1. The van der Waals surface area contributed by atoms with E-state index in [1.165, 1.54) is 0 Å². The average molecular weight is 476 g/mol. The van der Waals surface area contributed by atoms with Crippen LogP contribution in [0.25, 0.3) is 0 Å². The fraction of sp³-hybridized carbons (Fsp3) is 0.455. The Balaban J connectivity index is 2.68. The zero-order valence-corrected chi connectivity index (χ0v) is 14.4. The van der Waals surface area contributed by atoms with Crippen LogP contribution in [0.2, 0.25) is 0 Å². The highest BCUT2D eigenvalue weighted by Crippen LogP contribution is 2.03. The van der Waals surface area contributed by atoms with Crippen LogP contribution in [0.15, 0.2) is 17.2 Å². The number of hydrogen-bond acceptors (Lipinski definition) is 3. The lowest BCUT2D eigenvalue weighted by Crippen LogP contribution is -2.37. The summed E-state index contributed by atoms with van der Waals surface area (Å²) in [4.78, 5) is 23.3. The number of aromatic nitrogens is 1. The van der Waals surface area contributed by atoms with Gasteiger partial charge in [0.2, 0.25) is 11.3 Å². The van der Waals surface area contributed by atoms with Crippen molar-refractivity contribution in [1.82, 2.24) is 9.88 Å². The molecule has 0 aliphatic rings.